The van der Waals surface area contributed by atoms with E-state index in [-0.39, 0.29) is 31.0 Å². The first-order valence-electron chi connectivity index (χ1n) is 12.5. The molecule has 40 heavy (non-hydrogen) atoms. The number of rotatable bonds is 8. The van der Waals surface area contributed by atoms with Crippen LogP contribution in [0, 0.1) is 0 Å². The first-order valence-corrected chi connectivity index (χ1v) is 12.5. The van der Waals surface area contributed by atoms with Crippen LogP contribution < -0.4 is 20.5 Å². The summed E-state index contributed by atoms with van der Waals surface area (Å²) in [6.07, 6.45) is -0.829. The van der Waals surface area contributed by atoms with Gasteiger partial charge in [-0.25, -0.2) is 4.98 Å². The zero-order valence-electron chi connectivity index (χ0n) is 21.0. The molecule has 1 aromatic heterocycles. The monoisotopic (exact) mass is 552 g/mol. The number of nitrogens with one attached hydrogen (secondary N) is 1. The first kappa shape index (κ1) is 28.7. The largest absolute Gasteiger partial charge is 0.492 e. The number of halogens is 3. The maximum absolute atomic E-state index is 13.6. The molecule has 5 rings (SSSR count). The van der Waals surface area contributed by atoms with Crippen LogP contribution in [0.1, 0.15) is 36.2 Å². The molecule has 1 fully saturated rings. The molecular formula is C30H31F3N4O3. The number of carbonyl (C=O) groups excluding carboxylic acids is 1. The predicted molar refractivity (Wildman–Crippen MR) is 150 cm³/mol. The van der Waals surface area contributed by atoms with Gasteiger partial charge in [0.1, 0.15) is 29.7 Å². The number of alkyl halides is 3. The number of nitrogen functional groups attached to an aromatic ring is 1. The number of anilines is 2. The van der Waals surface area contributed by atoms with Crippen molar-refractivity contribution in [3.8, 4) is 17.2 Å². The highest BCUT2D eigenvalue weighted by atomic mass is 19.4. The Bertz CT molecular complexity index is 1490. The van der Waals surface area contributed by atoms with Crippen molar-refractivity contribution in [2.45, 2.75) is 26.4 Å². The van der Waals surface area contributed by atoms with Gasteiger partial charge in [-0.05, 0) is 79.2 Å². The Morgan fingerprint density at radius 3 is 2.42 bits per heavy atom. The topological polar surface area (TPSA) is 89.7 Å². The molecule has 0 spiro atoms. The van der Waals surface area contributed by atoms with Gasteiger partial charge < -0.3 is 20.5 Å². The zero-order valence-corrected chi connectivity index (χ0v) is 21.0. The van der Waals surface area contributed by atoms with Gasteiger partial charge in [-0.1, -0.05) is 19.6 Å². The number of aromatic nitrogens is 1. The molecule has 7 nitrogen and oxygen atoms in total. The Balaban J connectivity index is 0.00000370. The van der Waals surface area contributed by atoms with Crippen LogP contribution in [-0.2, 0) is 6.18 Å². The van der Waals surface area contributed by atoms with E-state index in [2.05, 4.69) is 15.2 Å². The van der Waals surface area contributed by atoms with E-state index in [9.17, 15) is 18.0 Å². The van der Waals surface area contributed by atoms with E-state index in [4.69, 9.17) is 15.2 Å². The number of nitrogens with two attached hydrogens (primary N) is 1. The highest BCUT2D eigenvalue weighted by Crippen LogP contribution is 2.34. The van der Waals surface area contributed by atoms with Gasteiger partial charge in [-0.2, -0.15) is 13.2 Å². The molecule has 0 saturated carbocycles. The summed E-state index contributed by atoms with van der Waals surface area (Å²) in [6.45, 7) is 2.82. The molecule has 4 aromatic rings. The summed E-state index contributed by atoms with van der Waals surface area (Å²) in [6, 6.07) is 16.9. The summed E-state index contributed by atoms with van der Waals surface area (Å²) >= 11 is 0. The predicted octanol–water partition coefficient (Wildman–Crippen LogP) is 6.99. The van der Waals surface area contributed by atoms with Crippen LogP contribution >= 0.6 is 0 Å². The van der Waals surface area contributed by atoms with Crippen LogP contribution in [0.2, 0.25) is 0 Å². The summed E-state index contributed by atoms with van der Waals surface area (Å²) in [4.78, 5) is 19.2. The first-order chi connectivity index (χ1) is 18.7. The Labute approximate surface area is 230 Å². The second kappa shape index (κ2) is 12.3. The fourth-order valence-electron chi connectivity index (χ4n) is 4.48. The summed E-state index contributed by atoms with van der Waals surface area (Å²) < 4.78 is 52.2. The number of fused-ring (bicyclic) bond motifs is 1. The van der Waals surface area contributed by atoms with Crippen LogP contribution in [0.15, 0.2) is 72.9 Å². The average Bonchev–Trinajstić information content (AvgIpc) is 3.41. The third-order valence-electron chi connectivity index (χ3n) is 6.43. The van der Waals surface area contributed by atoms with Crippen molar-refractivity contribution in [1.29, 1.82) is 0 Å². The summed E-state index contributed by atoms with van der Waals surface area (Å²) in [5.74, 6) is 0.865. The molecule has 0 bridgehead atoms. The molecule has 3 N–H and O–H groups in total. The average molecular weight is 553 g/mol. The highest BCUT2D eigenvalue weighted by molar-refractivity contribution is 6.06. The van der Waals surface area contributed by atoms with Crippen molar-refractivity contribution in [3.63, 3.8) is 0 Å². The van der Waals surface area contributed by atoms with Crippen molar-refractivity contribution in [2.24, 2.45) is 0 Å². The minimum absolute atomic E-state index is 0. The second-order valence-corrected chi connectivity index (χ2v) is 9.34. The molecule has 1 saturated heterocycles. The fraction of sp³-hybridized carbons (Fsp3) is 0.267. The molecule has 3 aromatic carbocycles. The van der Waals surface area contributed by atoms with Crippen LogP contribution in [0.5, 0.6) is 17.2 Å². The third-order valence-corrected chi connectivity index (χ3v) is 6.43. The summed E-state index contributed by atoms with van der Waals surface area (Å²) in [5.41, 5.74) is 5.09. The molecular weight excluding hydrogens is 521 g/mol. The number of nitrogens with zero attached hydrogens (tertiary/aromatic N) is 2. The van der Waals surface area contributed by atoms with E-state index in [1.54, 1.807) is 42.5 Å². The van der Waals surface area contributed by atoms with Crippen molar-refractivity contribution >= 4 is 28.2 Å². The Morgan fingerprint density at radius 1 is 0.925 bits per heavy atom. The van der Waals surface area contributed by atoms with E-state index in [0.717, 1.165) is 48.8 Å². The van der Waals surface area contributed by atoms with Gasteiger partial charge in [0.15, 0.2) is 0 Å². The third kappa shape index (κ3) is 7.20. The molecule has 210 valence electrons. The van der Waals surface area contributed by atoms with Gasteiger partial charge in [0.25, 0.3) is 5.91 Å². The highest BCUT2D eigenvalue weighted by Gasteiger charge is 2.31. The van der Waals surface area contributed by atoms with Crippen LogP contribution in [-0.4, -0.2) is 42.0 Å². The van der Waals surface area contributed by atoms with Gasteiger partial charge in [0, 0.05) is 36.1 Å². The van der Waals surface area contributed by atoms with Crippen molar-refractivity contribution < 1.29 is 27.4 Å². The number of pyridine rings is 1. The summed E-state index contributed by atoms with van der Waals surface area (Å²) in [5, 5.41) is 4.17. The Kier molecular flexibility index (Phi) is 8.79. The maximum Gasteiger partial charge on any atom is 0.416 e. The quantitative estimate of drug-likeness (QED) is 0.245. The molecule has 2 heterocycles. The summed E-state index contributed by atoms with van der Waals surface area (Å²) in [7, 11) is 0. The van der Waals surface area contributed by atoms with Crippen LogP contribution in [0.3, 0.4) is 0 Å². The number of carbonyl (C=O) groups is 1. The standard InChI is InChI=1S/C29H27F3N4O3.CH4/c30-29(31,32)22-15-23(17-26(16-22)38-12-11-36-9-1-2-10-36)35-28(37)20-4-3-19-5-6-24(14-21(19)13-20)39-25-7-8-34-27(33)18-25;/h3-8,13-18H,1-2,9-12H2,(H2,33,34)(H,35,37);1H4. The molecule has 10 heteroatoms. The Hall–Kier alpha value is -4.31. The van der Waals surface area contributed by atoms with Gasteiger partial charge in [0.05, 0.1) is 5.56 Å². The lowest BCUT2D eigenvalue weighted by Crippen LogP contribution is -2.25. The van der Waals surface area contributed by atoms with E-state index in [0.29, 0.717) is 23.9 Å². The van der Waals surface area contributed by atoms with Crippen molar-refractivity contribution in [2.75, 3.05) is 37.3 Å². The molecule has 0 radical (unpaired) electrons. The van der Waals surface area contributed by atoms with E-state index in [1.807, 2.05) is 6.07 Å². The number of hydrogen-bond acceptors (Lipinski definition) is 6. The molecule has 0 unspecified atom stereocenters. The second-order valence-electron chi connectivity index (χ2n) is 9.34. The van der Waals surface area contributed by atoms with Crippen LogP contribution in [0.25, 0.3) is 10.8 Å². The smallest absolute Gasteiger partial charge is 0.416 e. The zero-order chi connectivity index (χ0) is 27.4. The number of benzene rings is 3. The molecule has 1 aliphatic rings. The number of likely N-dealkylation sites (tertiary alicyclic amines) is 1. The fourth-order valence-corrected chi connectivity index (χ4v) is 4.48. The van der Waals surface area contributed by atoms with Crippen LogP contribution in [0.4, 0.5) is 24.7 Å². The van der Waals surface area contributed by atoms with Crippen molar-refractivity contribution in [1.82, 2.24) is 9.88 Å². The number of amides is 1. The van der Waals surface area contributed by atoms with E-state index in [1.165, 1.54) is 12.3 Å². The molecule has 0 atom stereocenters. The van der Waals surface area contributed by atoms with Gasteiger partial charge in [0.2, 0.25) is 0 Å². The number of hydrogen-bond donors (Lipinski definition) is 2. The lowest BCUT2D eigenvalue weighted by atomic mass is 10.1. The van der Waals surface area contributed by atoms with E-state index >= 15 is 0 Å². The molecule has 1 aliphatic heterocycles. The van der Waals surface area contributed by atoms with Gasteiger partial charge in [-0.15, -0.1) is 0 Å². The normalized spacial score (nSPS) is 13.6. The van der Waals surface area contributed by atoms with Crippen molar-refractivity contribution in [3.05, 3.63) is 84.1 Å². The van der Waals surface area contributed by atoms with Gasteiger partial charge in [-0.3, -0.25) is 9.69 Å². The lowest BCUT2D eigenvalue weighted by molar-refractivity contribution is -0.137. The minimum Gasteiger partial charge on any atom is -0.492 e. The SMILES string of the molecule is C.Nc1cc(Oc2ccc3ccc(C(=O)Nc4cc(OCCN5CCCC5)cc(C(F)(F)F)c4)cc3c2)ccn1. The maximum atomic E-state index is 13.6. The Morgan fingerprint density at radius 2 is 1.68 bits per heavy atom. The molecule has 0 aliphatic carbocycles. The number of ether oxygens (including phenoxy) is 2. The van der Waals surface area contributed by atoms with Gasteiger partial charge >= 0.3 is 6.18 Å². The molecule has 1 amide bonds. The lowest BCUT2D eigenvalue weighted by Gasteiger charge is -2.17. The minimum atomic E-state index is -4.59. The van der Waals surface area contributed by atoms with E-state index < -0.39 is 17.6 Å².